The van der Waals surface area contributed by atoms with Crippen LogP contribution in [-0.2, 0) is 4.74 Å². The van der Waals surface area contributed by atoms with Gasteiger partial charge in [0.05, 0.1) is 12.7 Å². The molecule has 3 heteroatoms. The van der Waals surface area contributed by atoms with Gasteiger partial charge in [0.15, 0.2) is 0 Å². The van der Waals surface area contributed by atoms with Gasteiger partial charge < -0.3 is 9.47 Å². The van der Waals surface area contributed by atoms with Gasteiger partial charge in [-0.05, 0) is 32.4 Å². The summed E-state index contributed by atoms with van der Waals surface area (Å²) < 4.78 is 10.9. The van der Waals surface area contributed by atoms with Crippen LogP contribution in [0.1, 0.15) is 56.8 Å². The fourth-order valence-corrected chi connectivity index (χ4v) is 1.76. The van der Waals surface area contributed by atoms with Crippen LogP contribution < -0.4 is 4.74 Å². The third-order valence-electron chi connectivity index (χ3n) is 2.70. The van der Waals surface area contributed by atoms with Crippen LogP contribution >= 0.6 is 0 Å². The lowest BCUT2D eigenvalue weighted by Crippen LogP contribution is -2.12. The summed E-state index contributed by atoms with van der Waals surface area (Å²) >= 11 is 0. The highest BCUT2D eigenvalue weighted by atomic mass is 16.5. The summed E-state index contributed by atoms with van der Waals surface area (Å²) in [5.74, 6) is 0.295. The maximum atomic E-state index is 12.0. The summed E-state index contributed by atoms with van der Waals surface area (Å²) in [5, 5.41) is 0. The molecule has 0 aliphatic rings. The van der Waals surface area contributed by atoms with Gasteiger partial charge in [-0.25, -0.2) is 4.79 Å². The molecule has 106 valence electrons. The number of unbranched alkanes of at least 4 members (excludes halogenated alkanes) is 3. The lowest BCUT2D eigenvalue weighted by atomic mass is 10.2. The van der Waals surface area contributed by atoms with Crippen LogP contribution in [0.5, 0.6) is 5.75 Å². The number of carbonyl (C=O) groups excluding carboxylic acids is 1. The molecule has 1 rings (SSSR count). The molecule has 1 aromatic carbocycles. The molecular formula is C16H24O3. The summed E-state index contributed by atoms with van der Waals surface area (Å²) in [6.07, 6.45) is 4.43. The first kappa shape index (κ1) is 15.5. The van der Waals surface area contributed by atoms with Gasteiger partial charge >= 0.3 is 5.97 Å². The zero-order valence-electron chi connectivity index (χ0n) is 12.1. The van der Waals surface area contributed by atoms with Crippen molar-refractivity contribution in [2.45, 2.75) is 52.6 Å². The van der Waals surface area contributed by atoms with Crippen LogP contribution in [-0.4, -0.2) is 18.7 Å². The first-order chi connectivity index (χ1) is 9.15. The lowest BCUT2D eigenvalue weighted by Gasteiger charge is -2.13. The quantitative estimate of drug-likeness (QED) is 0.521. The van der Waals surface area contributed by atoms with Crippen molar-refractivity contribution < 1.29 is 14.3 Å². The molecule has 3 nitrogen and oxygen atoms in total. The number of hydrogen-bond donors (Lipinski definition) is 0. The number of para-hydroxylation sites is 1. The topological polar surface area (TPSA) is 35.5 Å². The van der Waals surface area contributed by atoms with Gasteiger partial charge in [-0.15, -0.1) is 0 Å². The molecular weight excluding hydrogens is 240 g/mol. The largest absolute Gasteiger partial charge is 0.490 e. The molecule has 0 fully saturated rings. The summed E-state index contributed by atoms with van der Waals surface area (Å²) in [6.45, 7) is 6.51. The van der Waals surface area contributed by atoms with Gasteiger partial charge in [-0.1, -0.05) is 38.3 Å². The van der Waals surface area contributed by atoms with Gasteiger partial charge in [-0.3, -0.25) is 0 Å². The Balaban J connectivity index is 2.51. The molecule has 0 aromatic heterocycles. The van der Waals surface area contributed by atoms with E-state index in [9.17, 15) is 4.79 Å². The normalized spacial score (nSPS) is 10.5. The summed E-state index contributed by atoms with van der Waals surface area (Å²) in [7, 11) is 0. The molecule has 0 heterocycles. The van der Waals surface area contributed by atoms with Gasteiger partial charge in [-0.2, -0.15) is 0 Å². The second kappa shape index (κ2) is 8.57. The van der Waals surface area contributed by atoms with Crippen molar-refractivity contribution in [1.82, 2.24) is 0 Å². The van der Waals surface area contributed by atoms with Crippen molar-refractivity contribution in [3.05, 3.63) is 29.8 Å². The van der Waals surface area contributed by atoms with E-state index in [0.29, 0.717) is 17.9 Å². The highest BCUT2D eigenvalue weighted by Gasteiger charge is 2.14. The van der Waals surface area contributed by atoms with E-state index >= 15 is 0 Å². The van der Waals surface area contributed by atoms with E-state index in [1.165, 1.54) is 12.8 Å². The Morgan fingerprint density at radius 3 is 2.58 bits per heavy atom. The first-order valence-corrected chi connectivity index (χ1v) is 7.08. The summed E-state index contributed by atoms with van der Waals surface area (Å²) in [6, 6.07) is 7.22. The molecule has 0 unspecified atom stereocenters. The van der Waals surface area contributed by atoms with Crippen molar-refractivity contribution >= 4 is 5.97 Å². The minimum absolute atomic E-state index is 0.0403. The Morgan fingerprint density at radius 1 is 1.16 bits per heavy atom. The van der Waals surface area contributed by atoms with Gasteiger partial charge in [0.2, 0.25) is 0 Å². The van der Waals surface area contributed by atoms with Crippen LogP contribution in [0, 0.1) is 0 Å². The molecule has 0 radical (unpaired) electrons. The molecule has 0 N–H and O–H groups in total. The van der Waals surface area contributed by atoms with Crippen LogP contribution in [0.3, 0.4) is 0 Å². The molecule has 0 amide bonds. The SMILES string of the molecule is CCCCCCOC(=O)c1ccccc1OC(C)C. The molecule has 0 aliphatic heterocycles. The van der Waals surface area contributed by atoms with Crippen molar-refractivity contribution in [2.75, 3.05) is 6.61 Å². The van der Waals surface area contributed by atoms with Crippen molar-refractivity contribution in [3.8, 4) is 5.75 Å². The number of hydrogen-bond acceptors (Lipinski definition) is 3. The zero-order valence-corrected chi connectivity index (χ0v) is 12.1. The van der Waals surface area contributed by atoms with Crippen molar-refractivity contribution in [3.63, 3.8) is 0 Å². The predicted octanol–water partition coefficient (Wildman–Crippen LogP) is 4.21. The number of rotatable bonds is 8. The van der Waals surface area contributed by atoms with E-state index in [1.54, 1.807) is 12.1 Å². The van der Waals surface area contributed by atoms with Crippen LogP contribution in [0.25, 0.3) is 0 Å². The van der Waals surface area contributed by atoms with E-state index in [-0.39, 0.29) is 12.1 Å². The van der Waals surface area contributed by atoms with Crippen LogP contribution in [0.2, 0.25) is 0 Å². The molecule has 19 heavy (non-hydrogen) atoms. The fraction of sp³-hybridized carbons (Fsp3) is 0.562. The smallest absolute Gasteiger partial charge is 0.341 e. The van der Waals surface area contributed by atoms with E-state index < -0.39 is 0 Å². The number of esters is 1. The number of ether oxygens (including phenoxy) is 2. The molecule has 0 spiro atoms. The van der Waals surface area contributed by atoms with Crippen LogP contribution in [0.4, 0.5) is 0 Å². The molecule has 0 bridgehead atoms. The van der Waals surface area contributed by atoms with Gasteiger partial charge in [0.1, 0.15) is 11.3 Å². The predicted molar refractivity (Wildman–Crippen MR) is 76.6 cm³/mol. The standard InChI is InChI=1S/C16H24O3/c1-4-5-6-9-12-18-16(17)14-10-7-8-11-15(14)19-13(2)3/h7-8,10-11,13H,4-6,9,12H2,1-3H3. The molecule has 0 atom stereocenters. The van der Waals surface area contributed by atoms with E-state index in [1.807, 2.05) is 26.0 Å². The van der Waals surface area contributed by atoms with Gasteiger partial charge in [0.25, 0.3) is 0 Å². The van der Waals surface area contributed by atoms with Crippen molar-refractivity contribution in [2.24, 2.45) is 0 Å². The Hall–Kier alpha value is -1.51. The first-order valence-electron chi connectivity index (χ1n) is 7.08. The molecule has 0 saturated carbocycles. The minimum Gasteiger partial charge on any atom is -0.490 e. The number of benzene rings is 1. The molecule has 0 saturated heterocycles. The second-order valence-electron chi connectivity index (χ2n) is 4.86. The Bertz CT molecular complexity index is 385. The van der Waals surface area contributed by atoms with Gasteiger partial charge in [0, 0.05) is 0 Å². The number of carbonyl (C=O) groups is 1. The zero-order chi connectivity index (χ0) is 14.1. The van der Waals surface area contributed by atoms with E-state index in [0.717, 1.165) is 12.8 Å². The van der Waals surface area contributed by atoms with Crippen molar-refractivity contribution in [1.29, 1.82) is 0 Å². The Kier molecular flexibility index (Phi) is 7.01. The molecule has 1 aromatic rings. The summed E-state index contributed by atoms with van der Waals surface area (Å²) in [5.41, 5.74) is 0.506. The maximum Gasteiger partial charge on any atom is 0.341 e. The average Bonchev–Trinajstić information content (AvgIpc) is 2.38. The second-order valence-corrected chi connectivity index (χ2v) is 4.86. The molecule has 0 aliphatic carbocycles. The lowest BCUT2D eigenvalue weighted by molar-refractivity contribution is 0.0491. The van der Waals surface area contributed by atoms with E-state index in [2.05, 4.69) is 6.92 Å². The third-order valence-corrected chi connectivity index (χ3v) is 2.70. The monoisotopic (exact) mass is 264 g/mol. The highest BCUT2D eigenvalue weighted by molar-refractivity contribution is 5.92. The fourth-order valence-electron chi connectivity index (χ4n) is 1.76. The maximum absolute atomic E-state index is 12.0. The highest BCUT2D eigenvalue weighted by Crippen LogP contribution is 2.20. The Morgan fingerprint density at radius 2 is 1.89 bits per heavy atom. The summed E-state index contributed by atoms with van der Waals surface area (Å²) in [4.78, 5) is 12.0. The van der Waals surface area contributed by atoms with Crippen LogP contribution in [0.15, 0.2) is 24.3 Å². The third kappa shape index (κ3) is 5.77. The van der Waals surface area contributed by atoms with E-state index in [4.69, 9.17) is 9.47 Å². The Labute approximate surface area is 115 Å². The average molecular weight is 264 g/mol. The minimum atomic E-state index is -0.298.